The van der Waals surface area contributed by atoms with Crippen LogP contribution in [0.15, 0.2) is 36.4 Å². The van der Waals surface area contributed by atoms with Crippen LogP contribution in [0.1, 0.15) is 0 Å². The molecule has 2 bridgehead atoms. The average Bonchev–Trinajstić information content (AvgIpc) is 3.08. The zero-order valence-corrected chi connectivity index (χ0v) is 11.2. The van der Waals surface area contributed by atoms with Crippen molar-refractivity contribution >= 4 is 23.3 Å². The van der Waals surface area contributed by atoms with E-state index in [0.717, 1.165) is 0 Å². The Labute approximate surface area is 124 Å². The number of ether oxygens (including phenoxy) is 1. The smallest absolute Gasteiger partial charge is 0.310 e. The number of nitro groups is 1. The Morgan fingerprint density at radius 3 is 2.45 bits per heavy atom. The van der Waals surface area contributed by atoms with Crippen molar-refractivity contribution in [2.45, 2.75) is 12.2 Å². The number of aliphatic carboxylic acids is 1. The van der Waals surface area contributed by atoms with Crippen LogP contribution in [-0.2, 0) is 14.3 Å². The predicted molar refractivity (Wildman–Crippen MR) is 74.1 cm³/mol. The molecule has 114 valence electrons. The molecule has 0 saturated carbocycles. The van der Waals surface area contributed by atoms with Crippen LogP contribution in [0, 0.1) is 22.0 Å². The van der Waals surface area contributed by atoms with Crippen molar-refractivity contribution in [2.24, 2.45) is 11.8 Å². The van der Waals surface area contributed by atoms with Crippen LogP contribution in [0.3, 0.4) is 0 Å². The third-order valence-corrected chi connectivity index (χ3v) is 3.85. The highest BCUT2D eigenvalue weighted by molar-refractivity contribution is 5.98. The number of para-hydroxylation sites is 2. The van der Waals surface area contributed by atoms with Gasteiger partial charge in [-0.15, -0.1) is 0 Å². The van der Waals surface area contributed by atoms with E-state index in [9.17, 15) is 24.8 Å². The summed E-state index contributed by atoms with van der Waals surface area (Å²) in [5.74, 6) is -3.62. The van der Waals surface area contributed by atoms with Gasteiger partial charge in [-0.3, -0.25) is 19.7 Å². The number of carboxylic acid groups (broad SMARTS) is 1. The van der Waals surface area contributed by atoms with Gasteiger partial charge in [-0.2, -0.15) is 0 Å². The number of nitro benzene ring substituents is 1. The number of hydrogen-bond acceptors (Lipinski definition) is 5. The molecule has 2 aliphatic heterocycles. The molecule has 8 nitrogen and oxygen atoms in total. The molecule has 22 heavy (non-hydrogen) atoms. The molecule has 3 rings (SSSR count). The zero-order chi connectivity index (χ0) is 15.9. The number of nitrogens with one attached hydrogen (secondary N) is 1. The van der Waals surface area contributed by atoms with E-state index in [4.69, 9.17) is 4.74 Å². The fourth-order valence-corrected chi connectivity index (χ4v) is 2.87. The summed E-state index contributed by atoms with van der Waals surface area (Å²) in [4.78, 5) is 34.1. The van der Waals surface area contributed by atoms with E-state index < -0.39 is 40.8 Å². The number of carbonyl (C=O) groups excluding carboxylic acids is 1. The number of rotatable bonds is 4. The van der Waals surface area contributed by atoms with Gasteiger partial charge in [-0.1, -0.05) is 24.3 Å². The number of amides is 1. The average molecular weight is 304 g/mol. The fraction of sp³-hybridized carbons (Fsp3) is 0.286. The molecule has 2 aliphatic rings. The van der Waals surface area contributed by atoms with Gasteiger partial charge in [0.25, 0.3) is 5.69 Å². The van der Waals surface area contributed by atoms with Gasteiger partial charge in [0.05, 0.1) is 23.0 Å². The highest BCUT2D eigenvalue weighted by Gasteiger charge is 2.53. The van der Waals surface area contributed by atoms with Crippen LogP contribution in [0.2, 0.25) is 0 Å². The molecule has 0 radical (unpaired) electrons. The molecular weight excluding hydrogens is 292 g/mol. The summed E-state index contributed by atoms with van der Waals surface area (Å²) in [6, 6.07) is 5.70. The van der Waals surface area contributed by atoms with E-state index >= 15 is 0 Å². The molecule has 2 heterocycles. The van der Waals surface area contributed by atoms with Crippen molar-refractivity contribution in [3.8, 4) is 0 Å². The van der Waals surface area contributed by atoms with E-state index in [1.807, 2.05) is 0 Å². The maximum atomic E-state index is 12.4. The van der Waals surface area contributed by atoms with Gasteiger partial charge in [-0.25, -0.2) is 0 Å². The first-order valence-corrected chi connectivity index (χ1v) is 6.60. The molecule has 1 aromatic rings. The number of carbonyl (C=O) groups is 2. The van der Waals surface area contributed by atoms with Crippen molar-refractivity contribution in [2.75, 3.05) is 5.32 Å². The number of carboxylic acids is 1. The van der Waals surface area contributed by atoms with Crippen molar-refractivity contribution in [3.63, 3.8) is 0 Å². The second-order valence-electron chi connectivity index (χ2n) is 5.10. The lowest BCUT2D eigenvalue weighted by atomic mass is 9.82. The fourth-order valence-electron chi connectivity index (χ4n) is 2.87. The summed E-state index contributed by atoms with van der Waals surface area (Å²) in [5, 5.41) is 22.7. The quantitative estimate of drug-likeness (QED) is 0.490. The van der Waals surface area contributed by atoms with Gasteiger partial charge >= 0.3 is 5.97 Å². The molecule has 8 heteroatoms. The van der Waals surface area contributed by atoms with Crippen molar-refractivity contribution in [1.29, 1.82) is 0 Å². The maximum Gasteiger partial charge on any atom is 0.310 e. The topological polar surface area (TPSA) is 119 Å². The Hall–Kier alpha value is -2.74. The monoisotopic (exact) mass is 304 g/mol. The highest BCUT2D eigenvalue weighted by atomic mass is 16.6. The summed E-state index contributed by atoms with van der Waals surface area (Å²) in [6.07, 6.45) is 2.02. The van der Waals surface area contributed by atoms with Crippen LogP contribution < -0.4 is 5.32 Å². The van der Waals surface area contributed by atoms with Crippen LogP contribution in [0.5, 0.6) is 0 Å². The maximum absolute atomic E-state index is 12.4. The molecule has 1 fully saturated rings. The SMILES string of the molecule is O=C(O)C1C2C=CC(O2)C1C(=O)Nc1ccccc1[N+](=O)[O-]. The van der Waals surface area contributed by atoms with Crippen molar-refractivity contribution in [3.05, 3.63) is 46.5 Å². The van der Waals surface area contributed by atoms with Gasteiger partial charge in [0.2, 0.25) is 5.91 Å². The zero-order valence-electron chi connectivity index (χ0n) is 11.2. The Morgan fingerprint density at radius 2 is 1.82 bits per heavy atom. The van der Waals surface area contributed by atoms with Gasteiger partial charge in [0.1, 0.15) is 11.6 Å². The third kappa shape index (κ3) is 2.23. The first-order chi connectivity index (χ1) is 10.5. The second-order valence-corrected chi connectivity index (χ2v) is 5.10. The lowest BCUT2D eigenvalue weighted by Crippen LogP contribution is -2.39. The molecule has 0 aromatic heterocycles. The van der Waals surface area contributed by atoms with Crippen LogP contribution in [0.25, 0.3) is 0 Å². The summed E-state index contributed by atoms with van der Waals surface area (Å²) >= 11 is 0. The first-order valence-electron chi connectivity index (χ1n) is 6.60. The minimum atomic E-state index is -1.13. The highest BCUT2D eigenvalue weighted by Crippen LogP contribution is 2.40. The largest absolute Gasteiger partial charge is 0.481 e. The van der Waals surface area contributed by atoms with Crippen molar-refractivity contribution in [1.82, 2.24) is 0 Å². The van der Waals surface area contributed by atoms with E-state index in [-0.39, 0.29) is 11.4 Å². The molecule has 1 aromatic carbocycles. The van der Waals surface area contributed by atoms with Gasteiger partial charge in [0, 0.05) is 6.07 Å². The van der Waals surface area contributed by atoms with E-state index in [1.165, 1.54) is 18.2 Å². The standard InChI is InChI=1S/C14H12N2O6/c17-13(15-7-3-1-2-4-8(7)16(20)21)11-9-5-6-10(22-9)12(11)14(18)19/h1-6,9-12H,(H,15,17)(H,18,19). The van der Waals surface area contributed by atoms with Gasteiger partial charge in [0.15, 0.2) is 0 Å². The predicted octanol–water partition coefficient (Wildman–Crippen LogP) is 1.19. The molecule has 4 atom stereocenters. The Kier molecular flexibility index (Phi) is 3.38. The second kappa shape index (κ2) is 5.23. The third-order valence-electron chi connectivity index (χ3n) is 3.85. The Bertz CT molecular complexity index is 686. The molecule has 2 N–H and O–H groups in total. The van der Waals surface area contributed by atoms with E-state index in [2.05, 4.69) is 5.32 Å². The molecule has 1 saturated heterocycles. The number of nitrogens with zero attached hydrogens (tertiary/aromatic N) is 1. The summed E-state index contributed by atoms with van der Waals surface area (Å²) in [7, 11) is 0. The number of benzene rings is 1. The van der Waals surface area contributed by atoms with E-state index in [0.29, 0.717) is 0 Å². The Balaban J connectivity index is 1.85. The normalized spacial score (nSPS) is 28.5. The lowest BCUT2D eigenvalue weighted by molar-refractivity contribution is -0.383. The van der Waals surface area contributed by atoms with Crippen LogP contribution >= 0.6 is 0 Å². The minimum Gasteiger partial charge on any atom is -0.481 e. The van der Waals surface area contributed by atoms with Crippen molar-refractivity contribution < 1.29 is 24.4 Å². The Morgan fingerprint density at radius 1 is 1.18 bits per heavy atom. The summed E-state index contributed by atoms with van der Waals surface area (Å²) < 4.78 is 5.41. The van der Waals surface area contributed by atoms with Gasteiger partial charge < -0.3 is 15.2 Å². The van der Waals surface area contributed by atoms with Gasteiger partial charge in [-0.05, 0) is 6.07 Å². The molecule has 0 aliphatic carbocycles. The van der Waals surface area contributed by atoms with E-state index in [1.54, 1.807) is 18.2 Å². The number of hydrogen-bond donors (Lipinski definition) is 2. The summed E-state index contributed by atoms with van der Waals surface area (Å²) in [5.41, 5.74) is -0.212. The molecule has 4 unspecified atom stereocenters. The minimum absolute atomic E-state index is 0.0355. The number of fused-ring (bicyclic) bond motifs is 2. The molecule has 1 amide bonds. The summed E-state index contributed by atoms with van der Waals surface area (Å²) in [6.45, 7) is 0. The first kappa shape index (κ1) is 14.2. The molecule has 0 spiro atoms. The number of anilines is 1. The molecular formula is C14H12N2O6. The van der Waals surface area contributed by atoms with Crippen LogP contribution in [-0.4, -0.2) is 34.1 Å². The van der Waals surface area contributed by atoms with Crippen LogP contribution in [0.4, 0.5) is 11.4 Å². The lowest BCUT2D eigenvalue weighted by Gasteiger charge is -2.20.